The Bertz CT molecular complexity index is 525. The number of hydrogen-bond acceptors (Lipinski definition) is 4. The lowest BCUT2D eigenvalue weighted by Crippen LogP contribution is -2.43. The summed E-state index contributed by atoms with van der Waals surface area (Å²) in [6, 6.07) is 0.159. The Hall–Kier alpha value is -1.14. The summed E-state index contributed by atoms with van der Waals surface area (Å²) in [5, 5.41) is 12.1. The van der Waals surface area contributed by atoms with E-state index < -0.39 is 0 Å². The van der Waals surface area contributed by atoms with Crippen molar-refractivity contribution in [2.24, 2.45) is 0 Å². The van der Waals surface area contributed by atoms with E-state index in [1.54, 1.807) is 0 Å². The predicted octanol–water partition coefficient (Wildman–Crippen LogP) is 2.52. The Morgan fingerprint density at radius 3 is 2.67 bits per heavy atom. The van der Waals surface area contributed by atoms with Gasteiger partial charge in [0.05, 0.1) is 17.8 Å². The zero-order valence-corrected chi connectivity index (χ0v) is 15.6. The highest BCUT2D eigenvalue weighted by molar-refractivity contribution is 5.85. The second kappa shape index (κ2) is 8.81. The van der Waals surface area contributed by atoms with E-state index in [0.29, 0.717) is 5.92 Å². The molecule has 7 heteroatoms. The van der Waals surface area contributed by atoms with Crippen LogP contribution in [0, 0.1) is 0 Å². The molecule has 2 heterocycles. The number of rotatable bonds is 5. The van der Waals surface area contributed by atoms with E-state index in [1.807, 2.05) is 23.4 Å². The second-order valence-electron chi connectivity index (χ2n) is 6.82. The van der Waals surface area contributed by atoms with Crippen molar-refractivity contribution in [1.29, 1.82) is 0 Å². The van der Waals surface area contributed by atoms with Crippen molar-refractivity contribution >= 4 is 18.3 Å². The third-order valence-corrected chi connectivity index (χ3v) is 5.41. The van der Waals surface area contributed by atoms with Crippen molar-refractivity contribution in [3.63, 3.8) is 0 Å². The molecule has 1 N–H and O–H groups in total. The SMILES string of the molecule is CCN(CC)C(=O)[C@@H]1C[C@H](n2cc(C3CCCCC3)nn2)CN1.Cl. The van der Waals surface area contributed by atoms with Crippen molar-refractivity contribution < 1.29 is 4.79 Å². The average Bonchev–Trinajstić information content (AvgIpc) is 3.26. The smallest absolute Gasteiger partial charge is 0.239 e. The molecule has 1 aromatic heterocycles. The van der Waals surface area contributed by atoms with Gasteiger partial charge in [-0.2, -0.15) is 0 Å². The molecular formula is C17H30ClN5O. The third-order valence-electron chi connectivity index (χ3n) is 5.41. The number of carbonyl (C=O) groups excluding carboxylic acids is 1. The van der Waals surface area contributed by atoms with Gasteiger partial charge in [-0.3, -0.25) is 4.79 Å². The van der Waals surface area contributed by atoms with Gasteiger partial charge in [0.25, 0.3) is 0 Å². The van der Waals surface area contributed by atoms with Gasteiger partial charge in [-0.05, 0) is 33.1 Å². The average molecular weight is 356 g/mol. The first kappa shape index (κ1) is 19.2. The summed E-state index contributed by atoms with van der Waals surface area (Å²) >= 11 is 0. The highest BCUT2D eigenvalue weighted by Crippen LogP contribution is 2.32. The topological polar surface area (TPSA) is 63.1 Å². The Kier molecular flexibility index (Phi) is 7.04. The van der Waals surface area contributed by atoms with Gasteiger partial charge in [0.2, 0.25) is 5.91 Å². The molecule has 0 aromatic carbocycles. The number of carbonyl (C=O) groups is 1. The minimum Gasteiger partial charge on any atom is -0.342 e. The molecule has 1 aromatic rings. The van der Waals surface area contributed by atoms with Gasteiger partial charge in [0.15, 0.2) is 0 Å². The molecule has 136 valence electrons. The number of nitrogens with zero attached hydrogens (tertiary/aromatic N) is 4. The fraction of sp³-hybridized carbons (Fsp3) is 0.824. The number of hydrogen-bond donors (Lipinski definition) is 1. The van der Waals surface area contributed by atoms with Crippen molar-refractivity contribution in [1.82, 2.24) is 25.2 Å². The van der Waals surface area contributed by atoms with Gasteiger partial charge in [-0.25, -0.2) is 4.68 Å². The van der Waals surface area contributed by atoms with Gasteiger partial charge in [0, 0.05) is 31.7 Å². The summed E-state index contributed by atoms with van der Waals surface area (Å²) in [7, 11) is 0. The summed E-state index contributed by atoms with van der Waals surface area (Å²) in [6.07, 6.45) is 9.38. The summed E-state index contributed by atoms with van der Waals surface area (Å²) in [5.41, 5.74) is 1.14. The molecule has 1 saturated carbocycles. The number of likely N-dealkylation sites (N-methyl/N-ethyl adjacent to an activating group) is 1. The number of nitrogens with one attached hydrogen (secondary N) is 1. The number of amides is 1. The van der Waals surface area contributed by atoms with Crippen LogP contribution in [-0.2, 0) is 4.79 Å². The summed E-state index contributed by atoms with van der Waals surface area (Å²) < 4.78 is 1.98. The molecule has 6 nitrogen and oxygen atoms in total. The standard InChI is InChI=1S/C17H29N5O.ClH/c1-3-21(4-2)17(23)15-10-14(11-18-15)22-12-16(19-20-22)13-8-6-5-7-9-13;/h12-15,18H,3-11H2,1-2H3;1H/t14-,15-;/m0./s1. The molecule has 1 amide bonds. The van der Waals surface area contributed by atoms with Gasteiger partial charge in [-0.15, -0.1) is 17.5 Å². The maximum Gasteiger partial charge on any atom is 0.239 e. The van der Waals surface area contributed by atoms with E-state index in [-0.39, 0.29) is 30.4 Å². The monoisotopic (exact) mass is 355 g/mol. The van der Waals surface area contributed by atoms with Crippen molar-refractivity contribution in [2.75, 3.05) is 19.6 Å². The molecule has 3 rings (SSSR count). The molecule has 1 saturated heterocycles. The van der Waals surface area contributed by atoms with Crippen LogP contribution in [0.1, 0.15) is 70.0 Å². The molecule has 1 aliphatic heterocycles. The van der Waals surface area contributed by atoms with Crippen molar-refractivity contribution in [2.45, 2.75) is 70.4 Å². The van der Waals surface area contributed by atoms with E-state index >= 15 is 0 Å². The Labute approximate surface area is 150 Å². The second-order valence-corrected chi connectivity index (χ2v) is 6.82. The molecule has 0 spiro atoms. The maximum atomic E-state index is 12.5. The molecule has 1 aliphatic carbocycles. The van der Waals surface area contributed by atoms with Crippen LogP contribution in [0.3, 0.4) is 0 Å². The summed E-state index contributed by atoms with van der Waals surface area (Å²) in [5.74, 6) is 0.796. The van der Waals surface area contributed by atoms with E-state index in [0.717, 1.165) is 31.7 Å². The minimum atomic E-state index is -0.0813. The lowest BCUT2D eigenvalue weighted by Gasteiger charge is -2.22. The van der Waals surface area contributed by atoms with Crippen LogP contribution in [-0.4, -0.2) is 51.5 Å². The summed E-state index contributed by atoms with van der Waals surface area (Å²) in [6.45, 7) is 6.40. The molecule has 2 atom stereocenters. The Morgan fingerprint density at radius 2 is 2.00 bits per heavy atom. The van der Waals surface area contributed by atoms with Crippen LogP contribution < -0.4 is 5.32 Å². The van der Waals surface area contributed by atoms with Crippen LogP contribution in [0.4, 0.5) is 0 Å². The normalized spacial score (nSPS) is 24.6. The quantitative estimate of drug-likeness (QED) is 0.881. The van der Waals surface area contributed by atoms with Gasteiger partial charge in [0.1, 0.15) is 0 Å². The fourth-order valence-electron chi connectivity index (χ4n) is 3.92. The lowest BCUT2D eigenvalue weighted by atomic mass is 9.87. The van der Waals surface area contributed by atoms with E-state index in [4.69, 9.17) is 0 Å². The van der Waals surface area contributed by atoms with Crippen molar-refractivity contribution in [3.8, 4) is 0 Å². The van der Waals surface area contributed by atoms with E-state index in [1.165, 1.54) is 32.1 Å². The van der Waals surface area contributed by atoms with Crippen LogP contribution in [0.5, 0.6) is 0 Å². The maximum absolute atomic E-state index is 12.5. The highest BCUT2D eigenvalue weighted by Gasteiger charge is 2.33. The summed E-state index contributed by atoms with van der Waals surface area (Å²) in [4.78, 5) is 14.4. The van der Waals surface area contributed by atoms with Gasteiger partial charge in [-0.1, -0.05) is 24.5 Å². The van der Waals surface area contributed by atoms with Crippen LogP contribution >= 0.6 is 12.4 Å². The van der Waals surface area contributed by atoms with Crippen molar-refractivity contribution in [3.05, 3.63) is 11.9 Å². The molecule has 0 bridgehead atoms. The highest BCUT2D eigenvalue weighted by atomic mass is 35.5. The van der Waals surface area contributed by atoms with E-state index in [2.05, 4.69) is 21.8 Å². The van der Waals surface area contributed by atoms with E-state index in [9.17, 15) is 4.79 Å². The molecule has 0 radical (unpaired) electrons. The molecule has 2 aliphatic rings. The van der Waals surface area contributed by atoms with Crippen LogP contribution in [0.25, 0.3) is 0 Å². The zero-order valence-electron chi connectivity index (χ0n) is 14.8. The van der Waals surface area contributed by atoms with Crippen LogP contribution in [0.2, 0.25) is 0 Å². The van der Waals surface area contributed by atoms with Crippen LogP contribution in [0.15, 0.2) is 6.20 Å². The first-order valence-electron chi connectivity index (χ1n) is 9.16. The van der Waals surface area contributed by atoms with Gasteiger partial charge >= 0.3 is 0 Å². The largest absolute Gasteiger partial charge is 0.342 e. The zero-order chi connectivity index (χ0) is 16.2. The lowest BCUT2D eigenvalue weighted by molar-refractivity contribution is -0.132. The first-order chi connectivity index (χ1) is 11.2. The minimum absolute atomic E-state index is 0. The third kappa shape index (κ3) is 4.09. The molecular weight excluding hydrogens is 326 g/mol. The Balaban J connectivity index is 0.00000208. The molecule has 24 heavy (non-hydrogen) atoms. The molecule has 2 fully saturated rings. The first-order valence-corrected chi connectivity index (χ1v) is 9.16. The fourth-order valence-corrected chi connectivity index (χ4v) is 3.92. The molecule has 0 unspecified atom stereocenters. The Morgan fingerprint density at radius 1 is 1.29 bits per heavy atom. The van der Waals surface area contributed by atoms with Gasteiger partial charge < -0.3 is 10.2 Å². The predicted molar refractivity (Wildman–Crippen MR) is 96.5 cm³/mol. The number of aromatic nitrogens is 3. The number of halogens is 1.